The zero-order valence-corrected chi connectivity index (χ0v) is 18.0. The smallest absolute Gasteiger partial charge is 0.254 e. The van der Waals surface area contributed by atoms with Gasteiger partial charge in [-0.1, -0.05) is 54.2 Å². The van der Waals surface area contributed by atoms with E-state index in [1.165, 1.54) is 7.11 Å². The molecule has 0 fully saturated rings. The molecule has 0 unspecified atom stereocenters. The number of carbonyl (C=O) groups excluding carboxylic acids is 2. The first-order chi connectivity index (χ1) is 15.0. The fraction of sp³-hybridized carbons (Fsp3) is 0.174. The van der Waals surface area contributed by atoms with Crippen LogP contribution in [0.2, 0.25) is 0 Å². The average molecular weight is 435 g/mol. The monoisotopic (exact) mass is 434 g/mol. The molecule has 3 rings (SSSR count). The van der Waals surface area contributed by atoms with E-state index in [1.807, 2.05) is 36.4 Å². The summed E-state index contributed by atoms with van der Waals surface area (Å²) in [5.74, 6) is -0.893. The van der Waals surface area contributed by atoms with Crippen molar-refractivity contribution >= 4 is 29.3 Å². The van der Waals surface area contributed by atoms with Crippen LogP contribution in [-0.2, 0) is 9.59 Å². The van der Waals surface area contributed by atoms with E-state index in [4.69, 9.17) is 10.5 Å². The Morgan fingerprint density at radius 3 is 2.52 bits per heavy atom. The van der Waals surface area contributed by atoms with Crippen molar-refractivity contribution < 1.29 is 14.3 Å². The minimum atomic E-state index is -0.600. The van der Waals surface area contributed by atoms with Crippen LogP contribution in [0.25, 0.3) is 0 Å². The van der Waals surface area contributed by atoms with Crippen LogP contribution in [0.4, 0.5) is 5.69 Å². The summed E-state index contributed by atoms with van der Waals surface area (Å²) in [5.41, 5.74) is 7.96. The Hall–Kier alpha value is -3.70. The van der Waals surface area contributed by atoms with E-state index in [2.05, 4.69) is 16.7 Å². The fourth-order valence-electron chi connectivity index (χ4n) is 3.39. The third kappa shape index (κ3) is 4.90. The van der Waals surface area contributed by atoms with Crippen LogP contribution in [0.3, 0.4) is 0 Å². The molecule has 31 heavy (non-hydrogen) atoms. The molecule has 1 aliphatic rings. The third-order valence-electron chi connectivity index (χ3n) is 4.74. The fourth-order valence-corrected chi connectivity index (χ4v) is 4.22. The van der Waals surface area contributed by atoms with Crippen LogP contribution in [-0.4, -0.2) is 24.7 Å². The van der Waals surface area contributed by atoms with Crippen molar-refractivity contribution in [1.82, 2.24) is 5.32 Å². The second kappa shape index (κ2) is 9.87. The molecular formula is C23H22N4O3S. The largest absolute Gasteiger partial charge is 0.495 e. The third-order valence-corrected chi connectivity index (χ3v) is 5.78. The Labute approximate surface area is 185 Å². The van der Waals surface area contributed by atoms with E-state index in [0.29, 0.717) is 33.3 Å². The molecule has 158 valence electrons. The number of benzene rings is 2. The maximum Gasteiger partial charge on any atom is 0.254 e. The minimum absolute atomic E-state index is 0.0189. The molecule has 0 saturated carbocycles. The lowest BCUT2D eigenvalue weighted by Crippen LogP contribution is -2.31. The molecule has 2 aromatic carbocycles. The molecule has 1 heterocycles. The molecule has 1 aliphatic heterocycles. The molecule has 1 atom stereocenters. The maximum absolute atomic E-state index is 13.4. The number of para-hydroxylation sites is 2. The van der Waals surface area contributed by atoms with Gasteiger partial charge in [-0.2, -0.15) is 5.26 Å². The van der Waals surface area contributed by atoms with Crippen molar-refractivity contribution in [3.05, 3.63) is 82.0 Å². The van der Waals surface area contributed by atoms with Gasteiger partial charge in [0.2, 0.25) is 5.91 Å². The van der Waals surface area contributed by atoms with E-state index in [9.17, 15) is 14.9 Å². The quantitative estimate of drug-likeness (QED) is 0.616. The van der Waals surface area contributed by atoms with Gasteiger partial charge in [0.25, 0.3) is 5.91 Å². The summed E-state index contributed by atoms with van der Waals surface area (Å²) >= 11 is 1.15. The van der Waals surface area contributed by atoms with Crippen molar-refractivity contribution in [3.63, 3.8) is 0 Å². The van der Waals surface area contributed by atoms with Gasteiger partial charge in [0, 0.05) is 11.3 Å². The summed E-state index contributed by atoms with van der Waals surface area (Å²) in [6, 6.07) is 18.6. The zero-order chi connectivity index (χ0) is 22.4. The van der Waals surface area contributed by atoms with Crippen LogP contribution in [0.5, 0.6) is 5.75 Å². The average Bonchev–Trinajstić information content (AvgIpc) is 2.77. The van der Waals surface area contributed by atoms with Gasteiger partial charge in [-0.15, -0.1) is 0 Å². The lowest BCUT2D eigenvalue weighted by atomic mass is 9.82. The Balaban J connectivity index is 2.05. The molecular weight excluding hydrogens is 412 g/mol. The van der Waals surface area contributed by atoms with Gasteiger partial charge >= 0.3 is 0 Å². The Morgan fingerprint density at radius 2 is 1.87 bits per heavy atom. The predicted molar refractivity (Wildman–Crippen MR) is 121 cm³/mol. The first kappa shape index (κ1) is 22.0. The number of nitrogens with zero attached hydrogens (tertiary/aromatic N) is 1. The summed E-state index contributed by atoms with van der Waals surface area (Å²) < 4.78 is 5.33. The molecule has 2 amide bonds. The normalized spacial score (nSPS) is 15.7. The highest BCUT2D eigenvalue weighted by molar-refractivity contribution is 8.03. The summed E-state index contributed by atoms with van der Waals surface area (Å²) in [6.45, 7) is 1.77. The van der Waals surface area contributed by atoms with Gasteiger partial charge in [0.15, 0.2) is 0 Å². The maximum atomic E-state index is 13.4. The van der Waals surface area contributed by atoms with Gasteiger partial charge < -0.3 is 21.1 Å². The van der Waals surface area contributed by atoms with Gasteiger partial charge in [-0.3, -0.25) is 9.59 Å². The number of anilines is 1. The van der Waals surface area contributed by atoms with Gasteiger partial charge in [0.1, 0.15) is 5.75 Å². The number of thioether (sulfide) groups is 1. The number of nitrogens with one attached hydrogen (secondary N) is 2. The number of hydrogen-bond donors (Lipinski definition) is 3. The number of nitriles is 1. The number of dihydropyridines is 1. The number of methoxy groups -OCH3 is 1. The van der Waals surface area contributed by atoms with Gasteiger partial charge in [-0.25, -0.2) is 0 Å². The second-order valence-corrected chi connectivity index (χ2v) is 7.76. The highest BCUT2D eigenvalue weighted by Crippen LogP contribution is 2.41. The predicted octanol–water partition coefficient (Wildman–Crippen LogP) is 3.25. The number of allylic oxidation sites excluding steroid dienone is 2. The van der Waals surface area contributed by atoms with E-state index in [1.54, 1.807) is 25.1 Å². The lowest BCUT2D eigenvalue weighted by Gasteiger charge is -2.30. The summed E-state index contributed by atoms with van der Waals surface area (Å²) in [4.78, 5) is 24.7. The highest BCUT2D eigenvalue weighted by atomic mass is 32.2. The zero-order valence-electron chi connectivity index (χ0n) is 17.1. The molecule has 0 aliphatic carbocycles. The number of nitrogens with two attached hydrogens (primary N) is 1. The van der Waals surface area contributed by atoms with Gasteiger partial charge in [0.05, 0.1) is 41.1 Å². The molecule has 7 nitrogen and oxygen atoms in total. The van der Waals surface area contributed by atoms with Crippen LogP contribution >= 0.6 is 11.8 Å². The molecule has 0 saturated heterocycles. The minimum Gasteiger partial charge on any atom is -0.495 e. The number of carbonyl (C=O) groups is 2. The number of ether oxygens (including phenoxy) is 1. The van der Waals surface area contributed by atoms with E-state index in [-0.39, 0.29) is 11.7 Å². The molecule has 2 aromatic rings. The summed E-state index contributed by atoms with van der Waals surface area (Å²) in [5, 5.41) is 16.5. The molecule has 0 spiro atoms. The van der Waals surface area contributed by atoms with Crippen molar-refractivity contribution in [2.45, 2.75) is 12.8 Å². The molecule has 0 bridgehead atoms. The van der Waals surface area contributed by atoms with Crippen LogP contribution in [0.1, 0.15) is 18.4 Å². The number of amides is 2. The summed E-state index contributed by atoms with van der Waals surface area (Å²) in [6.07, 6.45) is 0. The number of rotatable bonds is 7. The second-order valence-electron chi connectivity index (χ2n) is 6.77. The molecule has 4 N–H and O–H groups in total. The van der Waals surface area contributed by atoms with Crippen LogP contribution in [0, 0.1) is 11.3 Å². The van der Waals surface area contributed by atoms with Crippen molar-refractivity contribution in [2.75, 3.05) is 18.2 Å². The molecule has 8 heteroatoms. The standard InChI is InChI=1S/C23H22N4O3S/c1-14-20(22(29)27-17-10-6-7-11-18(17)30-2)21(15-8-4-3-5-9-15)16(12-24)23(26-14)31-13-19(25)28/h3-11,21,26H,13H2,1-2H3,(H2,25,28)(H,27,29)/t21-/m0/s1. The van der Waals surface area contributed by atoms with Crippen molar-refractivity contribution in [2.24, 2.45) is 5.73 Å². The number of primary amides is 1. The van der Waals surface area contributed by atoms with E-state index >= 15 is 0 Å². The first-order valence-electron chi connectivity index (χ1n) is 9.48. The molecule has 0 radical (unpaired) electrons. The lowest BCUT2D eigenvalue weighted by molar-refractivity contribution is -0.115. The van der Waals surface area contributed by atoms with Gasteiger partial charge in [-0.05, 0) is 24.6 Å². The SMILES string of the molecule is COc1ccccc1NC(=O)C1=C(C)NC(SCC(N)=O)=C(C#N)[C@@H]1c1ccccc1. The van der Waals surface area contributed by atoms with Crippen molar-refractivity contribution in [3.8, 4) is 11.8 Å². The molecule has 0 aromatic heterocycles. The van der Waals surface area contributed by atoms with Crippen LogP contribution < -0.4 is 21.1 Å². The first-order valence-corrected chi connectivity index (χ1v) is 10.5. The Bertz CT molecular complexity index is 1100. The number of hydrogen-bond acceptors (Lipinski definition) is 6. The van der Waals surface area contributed by atoms with Crippen LogP contribution in [0.15, 0.2) is 76.5 Å². The van der Waals surface area contributed by atoms with E-state index < -0.39 is 11.8 Å². The Kier molecular flexibility index (Phi) is 7.00. The van der Waals surface area contributed by atoms with E-state index in [0.717, 1.165) is 17.3 Å². The topological polar surface area (TPSA) is 117 Å². The highest BCUT2D eigenvalue weighted by Gasteiger charge is 2.34. The summed E-state index contributed by atoms with van der Waals surface area (Å²) in [7, 11) is 1.53. The Morgan fingerprint density at radius 1 is 1.19 bits per heavy atom. The van der Waals surface area contributed by atoms with Crippen molar-refractivity contribution in [1.29, 1.82) is 5.26 Å².